The number of halogens is 1. The van der Waals surface area contributed by atoms with Crippen LogP contribution < -0.4 is 34.0 Å². The Labute approximate surface area is 174 Å². The van der Waals surface area contributed by atoms with Crippen LogP contribution in [0.4, 0.5) is 9.18 Å². The van der Waals surface area contributed by atoms with Gasteiger partial charge in [0.05, 0.1) is 12.2 Å². The van der Waals surface area contributed by atoms with Crippen molar-refractivity contribution in [2.75, 3.05) is 0 Å². The number of nitrogens with one attached hydrogen (secondary N) is 1. The third-order valence-corrected chi connectivity index (χ3v) is 3.26. The first-order valence-corrected chi connectivity index (χ1v) is 8.18. The molecule has 0 saturated heterocycles. The summed E-state index contributed by atoms with van der Waals surface area (Å²) in [6, 6.07) is 8.42. The van der Waals surface area contributed by atoms with E-state index in [1.165, 1.54) is 6.20 Å². The van der Waals surface area contributed by atoms with Gasteiger partial charge in [-0.2, -0.15) is 0 Å². The van der Waals surface area contributed by atoms with Crippen LogP contribution in [0, 0.1) is 5.82 Å². The number of ether oxygens (including phenoxy) is 2. The van der Waals surface area contributed by atoms with Gasteiger partial charge in [0.1, 0.15) is 29.7 Å². The summed E-state index contributed by atoms with van der Waals surface area (Å²) in [6.07, 6.45) is 0.149. The standard InChI is InChI=1S/C19H21FN2O5.Li/c1-19(2,3)27-18(25)22-16(17(23)24)15-14(20)9-13(10-21-15)26-11-12-7-5-4-6-8-12;/h4-10,16H,11H2,1-3H3,(H,22,25)(H,23,24);/q;+1/p-1. The van der Waals surface area contributed by atoms with E-state index in [4.69, 9.17) is 9.47 Å². The zero-order chi connectivity index (χ0) is 20.0. The predicted octanol–water partition coefficient (Wildman–Crippen LogP) is -0.881. The van der Waals surface area contributed by atoms with E-state index < -0.39 is 35.2 Å². The van der Waals surface area contributed by atoms with E-state index in [1.807, 2.05) is 35.6 Å². The third kappa shape index (κ3) is 7.22. The number of carbonyl (C=O) groups is 2. The summed E-state index contributed by atoms with van der Waals surface area (Å²) < 4.78 is 24.8. The summed E-state index contributed by atoms with van der Waals surface area (Å²) in [5, 5.41) is 13.4. The summed E-state index contributed by atoms with van der Waals surface area (Å²) in [5.74, 6) is -2.55. The van der Waals surface area contributed by atoms with Crippen molar-refractivity contribution < 1.29 is 47.4 Å². The van der Waals surface area contributed by atoms with E-state index in [0.29, 0.717) is 0 Å². The first kappa shape index (κ1) is 23.5. The fraction of sp³-hybridized carbons (Fsp3) is 0.316. The van der Waals surface area contributed by atoms with E-state index in [1.54, 1.807) is 20.8 Å². The van der Waals surface area contributed by atoms with E-state index in [0.717, 1.165) is 11.6 Å². The van der Waals surface area contributed by atoms with Crippen LogP contribution in [0.15, 0.2) is 42.6 Å². The topological polar surface area (TPSA) is 101 Å². The number of hydrogen-bond acceptors (Lipinski definition) is 6. The van der Waals surface area contributed by atoms with Crippen LogP contribution in [-0.2, 0) is 16.1 Å². The summed E-state index contributed by atoms with van der Waals surface area (Å²) in [7, 11) is 0. The monoisotopic (exact) mass is 382 g/mol. The molecule has 0 spiro atoms. The molecule has 0 aliphatic rings. The number of carbonyl (C=O) groups excluding carboxylic acids is 2. The molecule has 1 N–H and O–H groups in total. The predicted molar refractivity (Wildman–Crippen MR) is 92.1 cm³/mol. The fourth-order valence-corrected chi connectivity index (χ4v) is 2.13. The zero-order valence-corrected chi connectivity index (χ0v) is 16.2. The Morgan fingerprint density at radius 1 is 1.25 bits per heavy atom. The molecule has 1 aromatic carbocycles. The molecular weight excluding hydrogens is 362 g/mol. The number of carboxylic acid groups (broad SMARTS) is 1. The van der Waals surface area contributed by atoms with Crippen molar-refractivity contribution in [1.82, 2.24) is 10.3 Å². The summed E-state index contributed by atoms with van der Waals surface area (Å²) in [4.78, 5) is 26.9. The molecule has 7 nitrogen and oxygen atoms in total. The van der Waals surface area contributed by atoms with E-state index in [9.17, 15) is 19.1 Å². The average molecular weight is 382 g/mol. The molecule has 1 aromatic heterocycles. The van der Waals surface area contributed by atoms with E-state index in [-0.39, 0.29) is 31.2 Å². The molecule has 1 amide bonds. The zero-order valence-electron chi connectivity index (χ0n) is 16.2. The van der Waals surface area contributed by atoms with Crippen LogP contribution in [0.5, 0.6) is 5.75 Å². The Kier molecular flexibility index (Phi) is 8.48. The quantitative estimate of drug-likeness (QED) is 0.652. The van der Waals surface area contributed by atoms with E-state index >= 15 is 0 Å². The van der Waals surface area contributed by atoms with Gasteiger partial charge in [-0.3, -0.25) is 4.98 Å². The SMILES string of the molecule is CC(C)(C)OC(=O)NC(C(=O)[O-])c1ncc(OCc2ccccc2)cc1F.[Li+]. The van der Waals surface area contributed by atoms with Crippen molar-refractivity contribution in [2.24, 2.45) is 0 Å². The molecule has 28 heavy (non-hydrogen) atoms. The number of carboxylic acids is 1. The molecular formula is C19H20FLiN2O5. The first-order valence-electron chi connectivity index (χ1n) is 8.18. The van der Waals surface area contributed by atoms with Gasteiger partial charge in [0.25, 0.3) is 0 Å². The largest absolute Gasteiger partial charge is 1.00 e. The number of rotatable bonds is 6. The van der Waals surface area contributed by atoms with E-state index in [2.05, 4.69) is 4.98 Å². The maximum atomic E-state index is 14.3. The Bertz CT molecular complexity index is 812. The molecule has 0 radical (unpaired) electrons. The number of hydrogen-bond donors (Lipinski definition) is 1. The van der Waals surface area contributed by atoms with Gasteiger partial charge < -0.3 is 24.7 Å². The third-order valence-electron chi connectivity index (χ3n) is 3.26. The molecule has 9 heteroatoms. The van der Waals surface area contributed by atoms with Gasteiger partial charge in [-0.05, 0) is 26.3 Å². The van der Waals surface area contributed by atoms with Gasteiger partial charge in [-0.15, -0.1) is 0 Å². The molecule has 2 rings (SSSR count). The van der Waals surface area contributed by atoms with Crippen molar-refractivity contribution in [3.8, 4) is 5.75 Å². The molecule has 144 valence electrons. The Balaban J connectivity index is 0.00000392. The average Bonchev–Trinajstić information content (AvgIpc) is 2.57. The molecule has 1 atom stereocenters. The van der Waals surface area contributed by atoms with Crippen molar-refractivity contribution in [3.63, 3.8) is 0 Å². The van der Waals surface area contributed by atoms with Gasteiger partial charge in [0.2, 0.25) is 0 Å². The second-order valence-electron chi connectivity index (χ2n) is 6.71. The minimum absolute atomic E-state index is 0. The van der Waals surface area contributed by atoms with Crippen LogP contribution in [0.1, 0.15) is 38.1 Å². The molecule has 0 aliphatic carbocycles. The molecule has 0 saturated carbocycles. The Morgan fingerprint density at radius 3 is 2.43 bits per heavy atom. The normalized spacial score (nSPS) is 11.7. The Hall–Kier alpha value is -2.56. The summed E-state index contributed by atoms with van der Waals surface area (Å²) in [5.41, 5.74) is -0.476. The first-order chi connectivity index (χ1) is 12.7. The number of benzene rings is 1. The van der Waals surface area contributed by atoms with Crippen LogP contribution in [-0.4, -0.2) is 22.6 Å². The number of aliphatic carboxylic acids is 1. The summed E-state index contributed by atoms with van der Waals surface area (Å²) >= 11 is 0. The molecule has 0 fully saturated rings. The molecule has 0 aliphatic heterocycles. The number of alkyl carbamates (subject to hydrolysis) is 1. The molecule has 1 unspecified atom stereocenters. The number of pyridine rings is 1. The van der Waals surface area contributed by atoms with Gasteiger partial charge in [0, 0.05) is 6.07 Å². The smallest absolute Gasteiger partial charge is 0.547 e. The number of amides is 1. The van der Waals surface area contributed by atoms with Crippen LogP contribution in [0.25, 0.3) is 0 Å². The van der Waals surface area contributed by atoms with Gasteiger partial charge in [-0.25, -0.2) is 9.18 Å². The van der Waals surface area contributed by atoms with Crippen LogP contribution >= 0.6 is 0 Å². The second kappa shape index (κ2) is 10.1. The number of nitrogens with zero attached hydrogens (tertiary/aromatic N) is 1. The van der Waals surface area contributed by atoms with Gasteiger partial charge >= 0.3 is 25.0 Å². The van der Waals surface area contributed by atoms with Crippen LogP contribution in [0.2, 0.25) is 0 Å². The van der Waals surface area contributed by atoms with Crippen molar-refractivity contribution in [2.45, 2.75) is 39.0 Å². The van der Waals surface area contributed by atoms with Gasteiger partial charge in [0.15, 0.2) is 5.82 Å². The maximum absolute atomic E-state index is 14.3. The van der Waals surface area contributed by atoms with Crippen molar-refractivity contribution >= 4 is 12.1 Å². The fourth-order valence-electron chi connectivity index (χ4n) is 2.13. The van der Waals surface area contributed by atoms with Crippen molar-refractivity contribution in [3.05, 3.63) is 59.7 Å². The molecule has 0 bridgehead atoms. The maximum Gasteiger partial charge on any atom is 1.00 e. The molecule has 2 aromatic rings. The van der Waals surface area contributed by atoms with Crippen LogP contribution in [0.3, 0.4) is 0 Å². The summed E-state index contributed by atoms with van der Waals surface area (Å²) in [6.45, 7) is 5.02. The molecule has 1 heterocycles. The van der Waals surface area contributed by atoms with Crippen molar-refractivity contribution in [1.29, 1.82) is 0 Å². The minimum atomic E-state index is -1.80. The van der Waals surface area contributed by atoms with Gasteiger partial charge in [-0.1, -0.05) is 30.3 Å². The Morgan fingerprint density at radius 2 is 1.89 bits per heavy atom. The second-order valence-corrected chi connectivity index (χ2v) is 6.71. The number of aromatic nitrogens is 1. The minimum Gasteiger partial charge on any atom is -0.547 e.